The Labute approximate surface area is 326 Å². The van der Waals surface area contributed by atoms with Crippen molar-refractivity contribution >= 4 is 44.9 Å². The molecule has 14 nitrogen and oxygen atoms in total. The van der Waals surface area contributed by atoms with Gasteiger partial charge in [-0.1, -0.05) is 32.8 Å². The van der Waals surface area contributed by atoms with Crippen LogP contribution in [0.4, 0.5) is 13.2 Å². The first-order chi connectivity index (χ1) is 26.6. The summed E-state index contributed by atoms with van der Waals surface area (Å²) in [6.45, 7) is 5.28. The summed E-state index contributed by atoms with van der Waals surface area (Å²) >= 11 is 0.799. The number of alkyl halides is 3. The maximum Gasteiger partial charge on any atom is 0.417 e. The van der Waals surface area contributed by atoms with Gasteiger partial charge in [-0.15, -0.1) is 11.3 Å². The van der Waals surface area contributed by atoms with E-state index in [1.807, 2.05) is 18.6 Å². The lowest BCUT2D eigenvalue weighted by Crippen LogP contribution is -2.28. The van der Waals surface area contributed by atoms with Gasteiger partial charge in [0, 0.05) is 17.3 Å². The minimum Gasteiger partial charge on any atom is -0.490 e. The molecule has 4 rings (SSSR count). The summed E-state index contributed by atoms with van der Waals surface area (Å²) in [5.41, 5.74) is 3.82. The average Bonchev–Trinajstić information content (AvgIpc) is 3.59. The third-order valence-corrected chi connectivity index (χ3v) is 11.9. The Morgan fingerprint density at radius 2 is 1.62 bits per heavy atom. The number of carbonyl (C=O) groups is 1. The number of hydrogen-bond donors (Lipinski definition) is 4. The summed E-state index contributed by atoms with van der Waals surface area (Å²) in [6.07, 6.45) is -2.65. The van der Waals surface area contributed by atoms with Crippen LogP contribution >= 0.6 is 18.9 Å². The maximum atomic E-state index is 13.3. The van der Waals surface area contributed by atoms with E-state index in [0.29, 0.717) is 46.4 Å². The van der Waals surface area contributed by atoms with E-state index < -0.39 is 52.9 Å². The van der Waals surface area contributed by atoms with Crippen molar-refractivity contribution in [1.29, 1.82) is 5.26 Å². The summed E-state index contributed by atoms with van der Waals surface area (Å²) in [7, 11) is -9.33. The molecular weight excluding hydrogens is 801 g/mol. The molecule has 0 fully saturated rings. The number of thiophene rings is 1. The summed E-state index contributed by atoms with van der Waals surface area (Å²) < 4.78 is 110. The number of nitrogens with zero attached hydrogens (tertiary/aromatic N) is 1. The van der Waals surface area contributed by atoms with Crippen LogP contribution in [0.25, 0.3) is 10.1 Å². The van der Waals surface area contributed by atoms with Crippen LogP contribution in [-0.4, -0.2) is 65.0 Å². The first-order valence-electron chi connectivity index (χ1n) is 17.4. The molecule has 4 aromatic rings. The molecule has 0 saturated carbocycles. The van der Waals surface area contributed by atoms with Gasteiger partial charge in [0.1, 0.15) is 29.5 Å². The number of nitrogens with two attached hydrogens (primary N) is 1. The van der Waals surface area contributed by atoms with Gasteiger partial charge in [-0.25, -0.2) is 13.0 Å². The van der Waals surface area contributed by atoms with Gasteiger partial charge in [-0.3, -0.25) is 4.79 Å². The molecule has 3 aromatic carbocycles. The van der Waals surface area contributed by atoms with Crippen molar-refractivity contribution in [3.05, 3.63) is 71.3 Å². The van der Waals surface area contributed by atoms with Crippen LogP contribution in [0.3, 0.4) is 0 Å². The summed E-state index contributed by atoms with van der Waals surface area (Å²) in [5, 5.41) is 12.2. The molecule has 0 aliphatic carbocycles. The van der Waals surface area contributed by atoms with Crippen molar-refractivity contribution in [3.8, 4) is 34.8 Å². The fourth-order valence-electron chi connectivity index (χ4n) is 4.92. The topological polar surface area (TPSA) is 209 Å². The smallest absolute Gasteiger partial charge is 0.417 e. The van der Waals surface area contributed by atoms with Crippen LogP contribution < -0.4 is 39.2 Å². The SMILES string of the molecule is CCCCOc1cccc(C(=O)NCCOc2cc3sc(S(=O)(=O)NCP(=O)(O)Oc4ccc(C#N)c(C(F)(F)F)c4)cc3cc2OCCN)c1OCCCC. The van der Waals surface area contributed by atoms with E-state index in [2.05, 4.69) is 5.32 Å². The molecule has 0 radical (unpaired) electrons. The lowest BCUT2D eigenvalue weighted by atomic mass is 10.1. The van der Waals surface area contributed by atoms with Crippen LogP contribution in [0.1, 0.15) is 61.0 Å². The molecule has 0 aliphatic heterocycles. The zero-order valence-electron chi connectivity index (χ0n) is 30.5. The second kappa shape index (κ2) is 20.0. The van der Waals surface area contributed by atoms with Crippen LogP contribution in [-0.2, 0) is 20.8 Å². The van der Waals surface area contributed by atoms with Gasteiger partial charge in [-0.2, -0.15) is 23.2 Å². The van der Waals surface area contributed by atoms with Gasteiger partial charge in [0.25, 0.3) is 15.9 Å². The number of para-hydroxylation sites is 1. The lowest BCUT2D eigenvalue weighted by molar-refractivity contribution is -0.137. The number of carbonyl (C=O) groups excluding carboxylic acids is 1. The molecule has 304 valence electrons. The number of halogens is 3. The Kier molecular flexibility index (Phi) is 15.8. The normalized spacial score (nSPS) is 12.8. The van der Waals surface area contributed by atoms with Crippen LogP contribution in [0.5, 0.6) is 28.7 Å². The van der Waals surface area contributed by atoms with Gasteiger partial charge in [0.05, 0.1) is 42.5 Å². The highest BCUT2D eigenvalue weighted by molar-refractivity contribution is 7.92. The molecule has 0 bridgehead atoms. The highest BCUT2D eigenvalue weighted by Crippen LogP contribution is 2.44. The summed E-state index contributed by atoms with van der Waals surface area (Å²) in [6, 6.07) is 12.9. The van der Waals surface area contributed by atoms with E-state index in [4.69, 9.17) is 34.5 Å². The first-order valence-corrected chi connectivity index (χ1v) is 21.5. The minimum atomic E-state index is -4.95. The fraction of sp³-hybridized carbons (Fsp3) is 0.389. The summed E-state index contributed by atoms with van der Waals surface area (Å²) in [4.78, 5) is 23.5. The van der Waals surface area contributed by atoms with Crippen LogP contribution in [0.2, 0.25) is 0 Å². The minimum absolute atomic E-state index is 0.0114. The Morgan fingerprint density at radius 3 is 2.30 bits per heavy atom. The predicted octanol–water partition coefficient (Wildman–Crippen LogP) is 6.80. The molecule has 20 heteroatoms. The molecule has 5 N–H and O–H groups in total. The third kappa shape index (κ3) is 12.2. The zero-order chi connectivity index (χ0) is 40.9. The van der Waals surface area contributed by atoms with Crippen molar-refractivity contribution in [1.82, 2.24) is 10.0 Å². The first kappa shape index (κ1) is 44.1. The Bertz CT molecular complexity index is 2180. The highest BCUT2D eigenvalue weighted by Gasteiger charge is 2.35. The Morgan fingerprint density at radius 1 is 0.946 bits per heavy atom. The number of fused-ring (bicyclic) bond motifs is 1. The zero-order valence-corrected chi connectivity index (χ0v) is 33.0. The second-order valence-corrected chi connectivity index (χ2v) is 16.9. The largest absolute Gasteiger partial charge is 0.490 e. The van der Waals surface area contributed by atoms with Gasteiger partial charge >= 0.3 is 13.8 Å². The molecule has 1 heterocycles. The standard InChI is InChI=1S/C36H42F3N4O10PS2/c1-3-5-14-49-29-9-7-8-27(34(29)52-15-6-4-2)35(44)42-13-17-51-31-21-32-25(18-30(31)50-16-12-40)19-33(55-32)56(47,48)43-23-54(45,46)53-26-11-10-24(22-41)28(20-26)36(37,38)39/h7-11,18-21,43H,3-6,12-17,23,40H2,1-2H3,(H,42,44)(H,45,46). The molecule has 0 saturated heterocycles. The number of nitrogens with one attached hydrogen (secondary N) is 2. The van der Waals surface area contributed by atoms with Gasteiger partial charge < -0.3 is 39.4 Å². The van der Waals surface area contributed by atoms with E-state index in [9.17, 15) is 35.8 Å². The third-order valence-electron chi connectivity index (χ3n) is 7.69. The van der Waals surface area contributed by atoms with Crippen LogP contribution in [0, 0.1) is 11.3 Å². The number of amides is 1. The van der Waals surface area contributed by atoms with E-state index in [1.54, 1.807) is 18.2 Å². The lowest BCUT2D eigenvalue weighted by Gasteiger charge is -2.17. The molecule has 0 aliphatic rings. The van der Waals surface area contributed by atoms with Crippen molar-refractivity contribution in [2.45, 2.75) is 49.9 Å². The van der Waals surface area contributed by atoms with Crippen molar-refractivity contribution in [2.24, 2.45) is 5.73 Å². The number of ether oxygens (including phenoxy) is 4. The molecule has 0 spiro atoms. The van der Waals surface area contributed by atoms with Crippen LogP contribution in [0.15, 0.2) is 58.8 Å². The van der Waals surface area contributed by atoms with Crippen molar-refractivity contribution < 1.29 is 59.3 Å². The monoisotopic (exact) mass is 842 g/mol. The number of sulfonamides is 1. The molecule has 1 aromatic heterocycles. The molecular formula is C36H42F3N4O10PS2. The quantitative estimate of drug-likeness (QED) is 0.0476. The van der Waals surface area contributed by atoms with Gasteiger partial charge in [0.2, 0.25) is 0 Å². The highest BCUT2D eigenvalue weighted by atomic mass is 32.2. The van der Waals surface area contributed by atoms with Gasteiger partial charge in [-0.05, 0) is 60.7 Å². The number of nitriles is 1. The molecule has 1 unspecified atom stereocenters. The number of hydrogen-bond acceptors (Lipinski definition) is 12. The number of unbranched alkanes of at least 4 members (excludes halogenated alkanes) is 2. The predicted molar refractivity (Wildman–Crippen MR) is 203 cm³/mol. The number of rotatable bonds is 22. The number of benzene rings is 3. The van der Waals surface area contributed by atoms with E-state index in [-0.39, 0.29) is 42.0 Å². The van der Waals surface area contributed by atoms with Gasteiger partial charge in [0.15, 0.2) is 23.0 Å². The van der Waals surface area contributed by atoms with E-state index in [1.165, 1.54) is 24.3 Å². The van der Waals surface area contributed by atoms with Crippen molar-refractivity contribution in [2.75, 3.05) is 45.8 Å². The van der Waals surface area contributed by atoms with E-state index >= 15 is 0 Å². The Balaban J connectivity index is 1.45. The molecule has 1 amide bonds. The maximum absolute atomic E-state index is 13.3. The Hall–Kier alpha value is -4.57. The molecule has 1 atom stereocenters. The van der Waals surface area contributed by atoms with E-state index in [0.717, 1.165) is 49.2 Å². The second-order valence-electron chi connectivity index (χ2n) is 12.0. The summed E-state index contributed by atoms with van der Waals surface area (Å²) in [5.74, 6) is 0.201. The fourth-order valence-corrected chi connectivity index (χ4v) is 8.87. The van der Waals surface area contributed by atoms with Crippen molar-refractivity contribution in [3.63, 3.8) is 0 Å². The average molecular weight is 843 g/mol. The molecule has 56 heavy (non-hydrogen) atoms.